The van der Waals surface area contributed by atoms with Crippen LogP contribution in [0.25, 0.3) is 5.76 Å². The zero-order valence-corrected chi connectivity index (χ0v) is 19.6. The van der Waals surface area contributed by atoms with E-state index >= 15 is 0 Å². The average Bonchev–Trinajstić information content (AvgIpc) is 3.08. The summed E-state index contributed by atoms with van der Waals surface area (Å²) < 4.78 is 16.5. The molecule has 33 heavy (non-hydrogen) atoms. The van der Waals surface area contributed by atoms with Gasteiger partial charge >= 0.3 is 0 Å². The number of carbonyl (C=O) groups is 2. The molecular weight excluding hydrogens is 422 g/mol. The number of unbranched alkanes of at least 4 members (excludes halogenated alkanes) is 2. The molecule has 7 nitrogen and oxygen atoms in total. The number of benzene rings is 2. The first-order valence-corrected chi connectivity index (χ1v) is 11.2. The third-order valence-corrected chi connectivity index (χ3v) is 5.69. The quantitative estimate of drug-likeness (QED) is 0.243. The summed E-state index contributed by atoms with van der Waals surface area (Å²) in [6, 6.07) is 11.6. The molecule has 3 rings (SSSR count). The van der Waals surface area contributed by atoms with E-state index < -0.39 is 17.7 Å². The Morgan fingerprint density at radius 2 is 1.67 bits per heavy atom. The number of hydrogen-bond acceptors (Lipinski definition) is 6. The lowest BCUT2D eigenvalue weighted by molar-refractivity contribution is -0.139. The predicted molar refractivity (Wildman–Crippen MR) is 126 cm³/mol. The number of hydrogen-bond donors (Lipinski definition) is 1. The maximum Gasteiger partial charge on any atom is 0.295 e. The van der Waals surface area contributed by atoms with Crippen LogP contribution in [0, 0.1) is 0 Å². The van der Waals surface area contributed by atoms with Crippen LogP contribution in [0.2, 0.25) is 0 Å². The monoisotopic (exact) mass is 453 g/mol. The molecule has 1 aliphatic heterocycles. The lowest BCUT2D eigenvalue weighted by Crippen LogP contribution is -2.30. The summed E-state index contributed by atoms with van der Waals surface area (Å²) in [5.41, 5.74) is 0.931. The number of carbonyl (C=O) groups excluding carboxylic acids is 2. The van der Waals surface area contributed by atoms with E-state index in [9.17, 15) is 14.7 Å². The molecule has 7 heteroatoms. The number of ether oxygens (including phenoxy) is 3. The van der Waals surface area contributed by atoms with Crippen molar-refractivity contribution in [2.45, 2.75) is 39.2 Å². The summed E-state index contributed by atoms with van der Waals surface area (Å²) >= 11 is 0. The van der Waals surface area contributed by atoms with Gasteiger partial charge in [-0.1, -0.05) is 38.0 Å². The third kappa shape index (κ3) is 4.82. The van der Waals surface area contributed by atoms with Gasteiger partial charge in [-0.05, 0) is 43.2 Å². The summed E-state index contributed by atoms with van der Waals surface area (Å²) in [7, 11) is 2.94. The van der Waals surface area contributed by atoms with Crippen molar-refractivity contribution in [3.05, 3.63) is 59.2 Å². The highest BCUT2D eigenvalue weighted by atomic mass is 16.5. The van der Waals surface area contributed by atoms with Crippen molar-refractivity contribution in [1.82, 2.24) is 4.90 Å². The fraction of sp³-hybridized carbons (Fsp3) is 0.385. The molecule has 0 radical (unpaired) electrons. The van der Waals surface area contributed by atoms with Gasteiger partial charge in [-0.25, -0.2) is 0 Å². The molecule has 176 valence electrons. The molecule has 1 heterocycles. The lowest BCUT2D eigenvalue weighted by Gasteiger charge is -2.26. The van der Waals surface area contributed by atoms with E-state index in [0.717, 1.165) is 19.3 Å². The van der Waals surface area contributed by atoms with Crippen LogP contribution in [0.5, 0.6) is 17.2 Å². The summed E-state index contributed by atoms with van der Waals surface area (Å²) in [6.07, 6.45) is 2.66. The van der Waals surface area contributed by atoms with Gasteiger partial charge in [-0.2, -0.15) is 0 Å². The molecule has 1 amide bonds. The molecule has 0 aromatic heterocycles. The van der Waals surface area contributed by atoms with Crippen LogP contribution in [0.4, 0.5) is 0 Å². The van der Waals surface area contributed by atoms with Gasteiger partial charge in [-0.3, -0.25) is 9.59 Å². The molecule has 2 aromatic carbocycles. The number of likely N-dealkylation sites (tertiary alicyclic amines) is 1. The topological polar surface area (TPSA) is 85.3 Å². The third-order valence-electron chi connectivity index (χ3n) is 5.69. The van der Waals surface area contributed by atoms with E-state index in [-0.39, 0.29) is 16.9 Å². The van der Waals surface area contributed by atoms with Gasteiger partial charge in [0, 0.05) is 6.54 Å². The van der Waals surface area contributed by atoms with Gasteiger partial charge in [-0.15, -0.1) is 0 Å². The molecule has 2 aromatic rings. The SMILES string of the molecule is CCCCCN1C(=O)C(=O)/C(=C(/O)c2c(OC)cccc2OC)C1c1cccc(OCC)c1. The largest absolute Gasteiger partial charge is 0.506 e. The van der Waals surface area contributed by atoms with Crippen LogP contribution in [0.3, 0.4) is 0 Å². The van der Waals surface area contributed by atoms with Crippen LogP contribution in [0.1, 0.15) is 50.3 Å². The van der Waals surface area contributed by atoms with E-state index in [1.54, 1.807) is 24.3 Å². The van der Waals surface area contributed by atoms with Crippen LogP contribution in [-0.2, 0) is 9.59 Å². The standard InChI is InChI=1S/C26H31NO6/c1-5-7-8-15-27-23(17-11-9-12-18(16-17)33-6-2)22(25(29)26(27)30)24(28)21-19(31-3)13-10-14-20(21)32-4/h9-14,16,23,28H,5-8,15H2,1-4H3/b24-22+. The Morgan fingerprint density at radius 3 is 2.27 bits per heavy atom. The fourth-order valence-corrected chi connectivity index (χ4v) is 4.15. The molecule has 0 bridgehead atoms. The van der Waals surface area contributed by atoms with Crippen molar-refractivity contribution in [1.29, 1.82) is 0 Å². The second-order valence-electron chi connectivity index (χ2n) is 7.74. The molecule has 1 fully saturated rings. The Morgan fingerprint density at radius 1 is 1.00 bits per heavy atom. The van der Waals surface area contributed by atoms with Crippen molar-refractivity contribution in [2.24, 2.45) is 0 Å². The molecule has 0 spiro atoms. The minimum Gasteiger partial charge on any atom is -0.506 e. The van der Waals surface area contributed by atoms with Crippen molar-refractivity contribution >= 4 is 17.4 Å². The minimum atomic E-state index is -0.753. The number of methoxy groups -OCH3 is 2. The summed E-state index contributed by atoms with van der Waals surface area (Å²) in [5, 5.41) is 11.4. The summed E-state index contributed by atoms with van der Waals surface area (Å²) in [4.78, 5) is 27.9. The van der Waals surface area contributed by atoms with Gasteiger partial charge in [0.2, 0.25) is 0 Å². The average molecular weight is 454 g/mol. The summed E-state index contributed by atoms with van der Waals surface area (Å²) in [5.74, 6) is -0.384. The van der Waals surface area contributed by atoms with Gasteiger partial charge < -0.3 is 24.2 Å². The second-order valence-corrected chi connectivity index (χ2v) is 7.74. The number of nitrogens with zero attached hydrogens (tertiary/aromatic N) is 1. The predicted octanol–water partition coefficient (Wildman–Crippen LogP) is 4.71. The van der Waals surface area contributed by atoms with Crippen molar-refractivity contribution in [3.63, 3.8) is 0 Å². The fourth-order valence-electron chi connectivity index (χ4n) is 4.15. The number of ketones is 1. The first-order valence-electron chi connectivity index (χ1n) is 11.2. The van der Waals surface area contributed by atoms with Crippen LogP contribution < -0.4 is 14.2 Å². The van der Waals surface area contributed by atoms with Crippen molar-refractivity contribution in [2.75, 3.05) is 27.4 Å². The first kappa shape index (κ1) is 24.2. The zero-order valence-electron chi connectivity index (χ0n) is 19.6. The van der Waals surface area contributed by atoms with E-state index in [1.165, 1.54) is 19.1 Å². The molecule has 0 aliphatic carbocycles. The summed E-state index contributed by atoms with van der Waals surface area (Å²) in [6.45, 7) is 4.85. The highest BCUT2D eigenvalue weighted by Gasteiger charge is 2.46. The van der Waals surface area contributed by atoms with E-state index in [0.29, 0.717) is 36.0 Å². The van der Waals surface area contributed by atoms with Crippen LogP contribution >= 0.6 is 0 Å². The Labute approximate surface area is 194 Å². The molecule has 0 saturated carbocycles. The lowest BCUT2D eigenvalue weighted by atomic mass is 9.94. The number of Topliss-reactive ketones (excluding diaryl/α,β-unsaturated/α-hetero) is 1. The maximum absolute atomic E-state index is 13.2. The normalized spacial score (nSPS) is 17.3. The highest BCUT2D eigenvalue weighted by molar-refractivity contribution is 6.46. The molecule has 1 saturated heterocycles. The second kappa shape index (κ2) is 10.9. The minimum absolute atomic E-state index is 0.00736. The van der Waals surface area contributed by atoms with E-state index in [4.69, 9.17) is 14.2 Å². The van der Waals surface area contributed by atoms with Crippen LogP contribution in [0.15, 0.2) is 48.0 Å². The van der Waals surface area contributed by atoms with Gasteiger partial charge in [0.05, 0.1) is 32.4 Å². The Hall–Kier alpha value is -3.48. The van der Waals surface area contributed by atoms with Gasteiger partial charge in [0.15, 0.2) is 0 Å². The number of amides is 1. The van der Waals surface area contributed by atoms with Crippen molar-refractivity contribution in [3.8, 4) is 17.2 Å². The number of aliphatic hydroxyl groups is 1. The molecule has 1 aliphatic rings. The molecule has 1 atom stereocenters. The maximum atomic E-state index is 13.2. The Bertz CT molecular complexity index is 1020. The van der Waals surface area contributed by atoms with Crippen LogP contribution in [-0.4, -0.2) is 49.1 Å². The van der Waals surface area contributed by atoms with Gasteiger partial charge in [0.25, 0.3) is 11.7 Å². The van der Waals surface area contributed by atoms with E-state index in [1.807, 2.05) is 25.1 Å². The highest BCUT2D eigenvalue weighted by Crippen LogP contribution is 2.44. The number of rotatable bonds is 10. The first-order chi connectivity index (χ1) is 16.0. The molecular formula is C26H31NO6. The zero-order chi connectivity index (χ0) is 24.0. The van der Waals surface area contributed by atoms with E-state index in [2.05, 4.69) is 6.92 Å². The molecule has 1 unspecified atom stereocenters. The number of aliphatic hydroxyl groups excluding tert-OH is 1. The smallest absolute Gasteiger partial charge is 0.295 e. The van der Waals surface area contributed by atoms with Crippen molar-refractivity contribution < 1.29 is 28.9 Å². The molecule has 1 N–H and O–H groups in total. The Kier molecular flexibility index (Phi) is 7.98. The van der Waals surface area contributed by atoms with Gasteiger partial charge in [0.1, 0.15) is 28.6 Å². The Balaban J connectivity index is 2.22.